The molecule has 0 amide bonds. The average Bonchev–Trinajstić information content (AvgIpc) is 2.97. The van der Waals surface area contributed by atoms with Gasteiger partial charge in [-0.1, -0.05) is 0 Å². The van der Waals surface area contributed by atoms with Gasteiger partial charge in [-0.05, 0) is 48.2 Å². The van der Waals surface area contributed by atoms with Crippen molar-refractivity contribution >= 4 is 29.3 Å². The third-order valence-corrected chi connectivity index (χ3v) is 7.20. The van der Waals surface area contributed by atoms with Crippen molar-refractivity contribution in [1.82, 2.24) is 0 Å². The van der Waals surface area contributed by atoms with Crippen molar-refractivity contribution in [2.75, 3.05) is 11.5 Å². The number of ketones is 1. The van der Waals surface area contributed by atoms with Crippen molar-refractivity contribution < 1.29 is 4.79 Å². The largest absolute Gasteiger partial charge is 0.299 e. The van der Waals surface area contributed by atoms with Gasteiger partial charge in [0.05, 0.1) is 0 Å². The standard InChI is InChI=1S/C12H14OS2/c13-11-8-4-6-9(11)5-7(8)10(6)12-14-2-1-3-15-12/h6-9H,1-5H2. The van der Waals surface area contributed by atoms with Gasteiger partial charge in [0.1, 0.15) is 5.78 Å². The van der Waals surface area contributed by atoms with E-state index < -0.39 is 0 Å². The summed E-state index contributed by atoms with van der Waals surface area (Å²) in [6.07, 6.45) is 3.76. The number of carbonyl (C=O) groups excluding carboxylic acids is 1. The highest BCUT2D eigenvalue weighted by Gasteiger charge is 2.63. The zero-order valence-electron chi connectivity index (χ0n) is 8.57. The lowest BCUT2D eigenvalue weighted by Crippen LogP contribution is -2.15. The van der Waals surface area contributed by atoms with E-state index in [1.165, 1.54) is 30.8 Å². The Labute approximate surface area is 98.4 Å². The molecule has 1 saturated heterocycles. The Morgan fingerprint density at radius 1 is 0.933 bits per heavy atom. The van der Waals surface area contributed by atoms with E-state index in [1.54, 1.807) is 9.81 Å². The summed E-state index contributed by atoms with van der Waals surface area (Å²) in [5.41, 5.74) is 1.72. The van der Waals surface area contributed by atoms with Crippen LogP contribution >= 0.6 is 23.5 Å². The van der Waals surface area contributed by atoms with Crippen molar-refractivity contribution in [3.8, 4) is 0 Å². The van der Waals surface area contributed by atoms with E-state index in [-0.39, 0.29) is 0 Å². The molecule has 5 fully saturated rings. The summed E-state index contributed by atoms with van der Waals surface area (Å²) in [5.74, 6) is 5.47. The Morgan fingerprint density at radius 3 is 2.07 bits per heavy atom. The molecule has 5 rings (SSSR count). The van der Waals surface area contributed by atoms with Crippen LogP contribution in [0.3, 0.4) is 0 Å². The molecular weight excluding hydrogens is 224 g/mol. The van der Waals surface area contributed by atoms with Crippen LogP contribution in [0.1, 0.15) is 19.3 Å². The summed E-state index contributed by atoms with van der Waals surface area (Å²) >= 11 is 4.13. The number of thioether (sulfide) groups is 2. The van der Waals surface area contributed by atoms with Crippen LogP contribution in [0.5, 0.6) is 0 Å². The molecule has 4 bridgehead atoms. The van der Waals surface area contributed by atoms with Gasteiger partial charge in [-0.15, -0.1) is 23.5 Å². The summed E-state index contributed by atoms with van der Waals surface area (Å²) in [6, 6.07) is 0. The Balaban J connectivity index is 1.74. The lowest BCUT2D eigenvalue weighted by molar-refractivity contribution is -0.122. The van der Waals surface area contributed by atoms with Gasteiger partial charge in [-0.25, -0.2) is 0 Å². The molecule has 0 aromatic rings. The molecule has 3 heteroatoms. The van der Waals surface area contributed by atoms with Crippen LogP contribution in [0.15, 0.2) is 9.81 Å². The highest BCUT2D eigenvalue weighted by molar-refractivity contribution is 8.22. The van der Waals surface area contributed by atoms with Crippen LogP contribution in [0.25, 0.3) is 0 Å². The fraction of sp³-hybridized carbons (Fsp3) is 0.750. The van der Waals surface area contributed by atoms with Crippen LogP contribution < -0.4 is 0 Å². The third kappa shape index (κ3) is 1.06. The van der Waals surface area contributed by atoms with Crippen LogP contribution in [-0.2, 0) is 4.79 Å². The van der Waals surface area contributed by atoms with Gasteiger partial charge in [0, 0.05) is 16.1 Å². The highest BCUT2D eigenvalue weighted by Crippen LogP contribution is 2.66. The molecule has 4 unspecified atom stereocenters. The molecular formula is C12H14OS2. The van der Waals surface area contributed by atoms with E-state index in [9.17, 15) is 4.79 Å². The predicted octanol–water partition coefficient (Wildman–Crippen LogP) is 2.92. The van der Waals surface area contributed by atoms with Gasteiger partial charge in [-0.3, -0.25) is 4.79 Å². The first-order valence-electron chi connectivity index (χ1n) is 5.89. The molecule has 0 aromatic carbocycles. The fourth-order valence-electron chi connectivity index (χ4n) is 3.97. The van der Waals surface area contributed by atoms with Crippen LogP contribution in [0.4, 0.5) is 0 Å². The van der Waals surface area contributed by atoms with Gasteiger partial charge in [-0.2, -0.15) is 0 Å². The third-order valence-electron chi connectivity index (χ3n) is 4.51. The number of hydrogen-bond donors (Lipinski definition) is 0. The van der Waals surface area contributed by atoms with Crippen molar-refractivity contribution in [2.24, 2.45) is 23.7 Å². The molecule has 5 aliphatic rings. The van der Waals surface area contributed by atoms with Gasteiger partial charge in [0.25, 0.3) is 0 Å². The SMILES string of the molecule is O=C1C2CC3C(=C4SCCCS4)C2CC13. The fourth-order valence-corrected chi connectivity index (χ4v) is 6.87. The van der Waals surface area contributed by atoms with E-state index in [1.807, 2.05) is 0 Å². The minimum Gasteiger partial charge on any atom is -0.299 e. The van der Waals surface area contributed by atoms with Crippen LogP contribution in [-0.4, -0.2) is 17.3 Å². The summed E-state index contributed by atoms with van der Waals surface area (Å²) in [5, 5.41) is 0. The monoisotopic (exact) mass is 238 g/mol. The second-order valence-corrected chi connectivity index (χ2v) is 7.56. The molecule has 0 spiro atoms. The molecule has 0 aromatic heterocycles. The van der Waals surface area contributed by atoms with Crippen molar-refractivity contribution in [3.63, 3.8) is 0 Å². The number of hydrogen-bond acceptors (Lipinski definition) is 3. The lowest BCUT2D eigenvalue weighted by atomic mass is 9.95. The first kappa shape index (κ1) is 9.17. The number of carbonyl (C=O) groups is 1. The Morgan fingerprint density at radius 2 is 1.53 bits per heavy atom. The molecule has 4 aliphatic carbocycles. The zero-order valence-corrected chi connectivity index (χ0v) is 10.2. The zero-order chi connectivity index (χ0) is 9.99. The maximum Gasteiger partial charge on any atom is 0.140 e. The predicted molar refractivity (Wildman–Crippen MR) is 64.8 cm³/mol. The van der Waals surface area contributed by atoms with E-state index >= 15 is 0 Å². The van der Waals surface area contributed by atoms with E-state index in [4.69, 9.17) is 0 Å². The number of rotatable bonds is 0. The molecule has 4 atom stereocenters. The molecule has 1 aliphatic heterocycles. The second kappa shape index (κ2) is 3.07. The maximum absolute atomic E-state index is 11.8. The number of Topliss-reactive ketones (excluding diaryl/α,β-unsaturated/α-hetero) is 1. The molecule has 0 radical (unpaired) electrons. The summed E-state index contributed by atoms with van der Waals surface area (Å²) in [6.45, 7) is 0. The van der Waals surface area contributed by atoms with E-state index in [0.717, 1.165) is 0 Å². The molecule has 0 N–H and O–H groups in total. The second-order valence-electron chi connectivity index (χ2n) is 5.09. The topological polar surface area (TPSA) is 17.1 Å². The van der Waals surface area contributed by atoms with Crippen molar-refractivity contribution in [3.05, 3.63) is 9.81 Å². The van der Waals surface area contributed by atoms with Gasteiger partial charge in [0.2, 0.25) is 0 Å². The van der Waals surface area contributed by atoms with Gasteiger partial charge in [0.15, 0.2) is 0 Å². The summed E-state index contributed by atoms with van der Waals surface area (Å²) < 4.78 is 1.62. The van der Waals surface area contributed by atoms with Crippen LogP contribution in [0, 0.1) is 23.7 Å². The maximum atomic E-state index is 11.8. The first-order chi connectivity index (χ1) is 7.36. The Kier molecular flexibility index (Phi) is 1.88. The Hall–Kier alpha value is 0.110. The highest BCUT2D eigenvalue weighted by atomic mass is 32.2. The van der Waals surface area contributed by atoms with Crippen molar-refractivity contribution in [1.29, 1.82) is 0 Å². The van der Waals surface area contributed by atoms with Crippen molar-refractivity contribution in [2.45, 2.75) is 19.3 Å². The van der Waals surface area contributed by atoms with Gasteiger partial charge < -0.3 is 0 Å². The van der Waals surface area contributed by atoms with Crippen LogP contribution in [0.2, 0.25) is 0 Å². The smallest absolute Gasteiger partial charge is 0.140 e. The average molecular weight is 238 g/mol. The quantitative estimate of drug-likeness (QED) is 0.646. The minimum atomic E-state index is 0.450. The lowest BCUT2D eigenvalue weighted by Gasteiger charge is -2.20. The van der Waals surface area contributed by atoms with Gasteiger partial charge >= 0.3 is 0 Å². The minimum absolute atomic E-state index is 0.450. The molecule has 80 valence electrons. The van der Waals surface area contributed by atoms with E-state index in [2.05, 4.69) is 23.5 Å². The summed E-state index contributed by atoms with van der Waals surface area (Å²) in [4.78, 5) is 11.8. The molecule has 1 heterocycles. The normalized spacial score (nSPS) is 47.3. The Bertz CT molecular complexity index is 344. The summed E-state index contributed by atoms with van der Waals surface area (Å²) in [7, 11) is 0. The number of allylic oxidation sites excluding steroid dienone is 1. The molecule has 15 heavy (non-hydrogen) atoms. The molecule has 4 saturated carbocycles. The van der Waals surface area contributed by atoms with E-state index in [0.29, 0.717) is 29.5 Å². The first-order valence-corrected chi connectivity index (χ1v) is 7.87. The molecule has 1 nitrogen and oxygen atoms in total.